The highest BCUT2D eigenvalue weighted by atomic mass is 15.2. The summed E-state index contributed by atoms with van der Waals surface area (Å²) in [5.74, 6) is 1.08. The Hall–Kier alpha value is -1.25. The Labute approximate surface area is 97.7 Å². The van der Waals surface area contributed by atoms with Gasteiger partial charge in [-0.3, -0.25) is 0 Å². The number of anilines is 2. The Morgan fingerprint density at radius 2 is 2.00 bits per heavy atom. The molecule has 2 rings (SSSR count). The molecule has 0 atom stereocenters. The number of rotatable bonds is 2. The second kappa shape index (κ2) is 4.73. The number of nitrogen functional groups attached to an aromatic ring is 1. The molecule has 1 fully saturated rings. The van der Waals surface area contributed by atoms with Crippen LogP contribution < -0.4 is 10.6 Å². The summed E-state index contributed by atoms with van der Waals surface area (Å²) in [5.41, 5.74) is 7.65. The van der Waals surface area contributed by atoms with Crippen molar-refractivity contribution in [2.24, 2.45) is 0 Å². The van der Waals surface area contributed by atoms with Crippen molar-refractivity contribution in [2.45, 2.75) is 45.1 Å². The lowest BCUT2D eigenvalue weighted by atomic mass is 9.94. The van der Waals surface area contributed by atoms with Crippen LogP contribution in [0.3, 0.4) is 0 Å². The molecule has 88 valence electrons. The Bertz CT molecular complexity index is 356. The van der Waals surface area contributed by atoms with E-state index in [1.807, 2.05) is 6.07 Å². The van der Waals surface area contributed by atoms with Crippen molar-refractivity contribution in [1.29, 1.82) is 0 Å². The van der Waals surface area contributed by atoms with Crippen LogP contribution in [0.5, 0.6) is 0 Å². The van der Waals surface area contributed by atoms with E-state index in [2.05, 4.69) is 23.9 Å². The molecule has 0 amide bonds. The van der Waals surface area contributed by atoms with Gasteiger partial charge in [-0.25, -0.2) is 4.98 Å². The average molecular weight is 219 g/mol. The number of hydrogen-bond acceptors (Lipinski definition) is 3. The van der Waals surface area contributed by atoms with Crippen molar-refractivity contribution < 1.29 is 0 Å². The average Bonchev–Trinajstić information content (AvgIpc) is 2.29. The summed E-state index contributed by atoms with van der Waals surface area (Å²) in [6, 6.07) is 2.66. The molecule has 3 nitrogen and oxygen atoms in total. The zero-order valence-corrected chi connectivity index (χ0v) is 10.2. The van der Waals surface area contributed by atoms with E-state index in [4.69, 9.17) is 5.73 Å². The van der Waals surface area contributed by atoms with E-state index in [0.717, 1.165) is 11.5 Å². The lowest BCUT2D eigenvalue weighted by Crippen LogP contribution is -2.34. The molecule has 1 aliphatic carbocycles. The van der Waals surface area contributed by atoms with E-state index in [0.29, 0.717) is 6.04 Å². The highest BCUT2D eigenvalue weighted by Gasteiger charge is 2.20. The fourth-order valence-corrected chi connectivity index (χ4v) is 2.60. The number of aryl methyl sites for hydroxylation is 1. The standard InChI is InChI=1S/C13H21N3/c1-10-8-11(14)9-15-13(10)16(2)12-6-4-3-5-7-12/h8-9,12H,3-7,14H2,1-2H3. The first-order valence-corrected chi connectivity index (χ1v) is 6.13. The molecule has 1 aromatic rings. The van der Waals surface area contributed by atoms with Gasteiger partial charge in [-0.1, -0.05) is 19.3 Å². The summed E-state index contributed by atoms with van der Waals surface area (Å²) in [6.45, 7) is 2.08. The summed E-state index contributed by atoms with van der Waals surface area (Å²) in [4.78, 5) is 6.78. The second-order valence-corrected chi connectivity index (χ2v) is 4.81. The van der Waals surface area contributed by atoms with Crippen molar-refractivity contribution in [1.82, 2.24) is 4.98 Å². The molecule has 2 N–H and O–H groups in total. The molecule has 0 radical (unpaired) electrons. The van der Waals surface area contributed by atoms with Crippen molar-refractivity contribution in [3.05, 3.63) is 17.8 Å². The lowest BCUT2D eigenvalue weighted by Gasteiger charge is -2.33. The van der Waals surface area contributed by atoms with Gasteiger partial charge < -0.3 is 10.6 Å². The minimum atomic E-state index is 0.656. The van der Waals surface area contributed by atoms with Gasteiger partial charge in [0, 0.05) is 13.1 Å². The molecule has 1 saturated carbocycles. The number of hydrogen-bond donors (Lipinski definition) is 1. The minimum Gasteiger partial charge on any atom is -0.397 e. The first-order chi connectivity index (χ1) is 7.68. The third-order valence-electron chi connectivity index (χ3n) is 3.53. The SMILES string of the molecule is Cc1cc(N)cnc1N(C)C1CCCCC1. The maximum Gasteiger partial charge on any atom is 0.131 e. The van der Waals surface area contributed by atoms with Gasteiger partial charge in [0.25, 0.3) is 0 Å². The molecule has 0 aromatic carbocycles. The highest BCUT2D eigenvalue weighted by molar-refractivity contribution is 5.52. The highest BCUT2D eigenvalue weighted by Crippen LogP contribution is 2.27. The van der Waals surface area contributed by atoms with Crippen LogP contribution >= 0.6 is 0 Å². The van der Waals surface area contributed by atoms with Crippen LogP contribution in [-0.4, -0.2) is 18.1 Å². The fourth-order valence-electron chi connectivity index (χ4n) is 2.60. The van der Waals surface area contributed by atoms with Gasteiger partial charge in [0.2, 0.25) is 0 Å². The predicted molar refractivity (Wildman–Crippen MR) is 68.7 cm³/mol. The number of nitrogens with zero attached hydrogens (tertiary/aromatic N) is 2. The van der Waals surface area contributed by atoms with Gasteiger partial charge >= 0.3 is 0 Å². The maximum atomic E-state index is 5.73. The van der Waals surface area contributed by atoms with E-state index >= 15 is 0 Å². The van der Waals surface area contributed by atoms with Gasteiger partial charge in [-0.05, 0) is 31.4 Å². The minimum absolute atomic E-state index is 0.656. The number of aromatic nitrogens is 1. The third kappa shape index (κ3) is 2.29. The van der Waals surface area contributed by atoms with Crippen LogP contribution in [0.4, 0.5) is 11.5 Å². The molecule has 1 aromatic heterocycles. The van der Waals surface area contributed by atoms with E-state index < -0.39 is 0 Å². The summed E-state index contributed by atoms with van der Waals surface area (Å²) in [5, 5.41) is 0. The van der Waals surface area contributed by atoms with Gasteiger partial charge in [0.1, 0.15) is 5.82 Å². The molecular weight excluding hydrogens is 198 g/mol. The molecule has 0 spiro atoms. The summed E-state index contributed by atoms with van der Waals surface area (Å²) < 4.78 is 0. The fraction of sp³-hybridized carbons (Fsp3) is 0.615. The zero-order valence-electron chi connectivity index (χ0n) is 10.2. The topological polar surface area (TPSA) is 42.1 Å². The summed E-state index contributed by atoms with van der Waals surface area (Å²) in [6.07, 6.45) is 8.43. The Balaban J connectivity index is 2.15. The first-order valence-electron chi connectivity index (χ1n) is 6.13. The molecule has 1 heterocycles. The lowest BCUT2D eigenvalue weighted by molar-refractivity contribution is 0.425. The largest absolute Gasteiger partial charge is 0.397 e. The Kier molecular flexibility index (Phi) is 3.32. The smallest absolute Gasteiger partial charge is 0.131 e. The molecule has 0 aliphatic heterocycles. The zero-order chi connectivity index (χ0) is 11.5. The van der Waals surface area contributed by atoms with E-state index in [1.165, 1.54) is 37.7 Å². The number of pyridine rings is 1. The second-order valence-electron chi connectivity index (χ2n) is 4.81. The predicted octanol–water partition coefficient (Wildman–Crippen LogP) is 2.74. The van der Waals surface area contributed by atoms with Crippen LogP contribution in [0.15, 0.2) is 12.3 Å². The summed E-state index contributed by atoms with van der Waals surface area (Å²) in [7, 11) is 2.15. The summed E-state index contributed by atoms with van der Waals surface area (Å²) >= 11 is 0. The Morgan fingerprint density at radius 1 is 1.31 bits per heavy atom. The quantitative estimate of drug-likeness (QED) is 0.831. The molecule has 0 bridgehead atoms. The van der Waals surface area contributed by atoms with Crippen LogP contribution in [0.2, 0.25) is 0 Å². The molecule has 16 heavy (non-hydrogen) atoms. The molecular formula is C13H21N3. The van der Waals surface area contributed by atoms with Crippen molar-refractivity contribution >= 4 is 11.5 Å². The van der Waals surface area contributed by atoms with E-state index in [1.54, 1.807) is 6.20 Å². The van der Waals surface area contributed by atoms with Crippen molar-refractivity contribution in [3.63, 3.8) is 0 Å². The van der Waals surface area contributed by atoms with Gasteiger partial charge in [-0.15, -0.1) is 0 Å². The monoisotopic (exact) mass is 219 g/mol. The van der Waals surface area contributed by atoms with Crippen molar-refractivity contribution in [3.8, 4) is 0 Å². The van der Waals surface area contributed by atoms with Crippen molar-refractivity contribution in [2.75, 3.05) is 17.7 Å². The normalized spacial score (nSPS) is 17.4. The number of nitrogens with two attached hydrogens (primary N) is 1. The molecule has 3 heteroatoms. The van der Waals surface area contributed by atoms with Gasteiger partial charge in [-0.2, -0.15) is 0 Å². The first kappa shape index (κ1) is 11.2. The molecule has 0 saturated heterocycles. The van der Waals surface area contributed by atoms with Crippen LogP contribution in [0, 0.1) is 6.92 Å². The van der Waals surface area contributed by atoms with Crippen LogP contribution in [0.25, 0.3) is 0 Å². The van der Waals surface area contributed by atoms with E-state index in [-0.39, 0.29) is 0 Å². The molecule has 0 unspecified atom stereocenters. The third-order valence-corrected chi connectivity index (χ3v) is 3.53. The van der Waals surface area contributed by atoms with Gasteiger partial charge in [0.05, 0.1) is 11.9 Å². The molecule has 1 aliphatic rings. The Morgan fingerprint density at radius 3 is 2.62 bits per heavy atom. The van der Waals surface area contributed by atoms with Gasteiger partial charge in [0.15, 0.2) is 0 Å². The van der Waals surface area contributed by atoms with Crippen LogP contribution in [-0.2, 0) is 0 Å². The maximum absolute atomic E-state index is 5.73. The van der Waals surface area contributed by atoms with E-state index in [9.17, 15) is 0 Å². The van der Waals surface area contributed by atoms with Crippen LogP contribution in [0.1, 0.15) is 37.7 Å².